The quantitative estimate of drug-likeness (QED) is 0.768. The van der Waals surface area contributed by atoms with Gasteiger partial charge in [0.1, 0.15) is 6.04 Å². The minimum absolute atomic E-state index is 0.00595. The van der Waals surface area contributed by atoms with Gasteiger partial charge in [0.2, 0.25) is 5.88 Å². The Morgan fingerprint density at radius 2 is 2.00 bits per heavy atom. The predicted octanol–water partition coefficient (Wildman–Crippen LogP) is 1.91. The molecule has 0 bridgehead atoms. The van der Waals surface area contributed by atoms with Crippen LogP contribution < -0.4 is 4.74 Å². The van der Waals surface area contributed by atoms with E-state index in [0.29, 0.717) is 0 Å². The number of halogens is 4. The SMILES string of the molecule is CC(C(=O)O)N(C)C(=O)c1ccc(OCC(F)(F)C(F)F)nc1. The summed E-state index contributed by atoms with van der Waals surface area (Å²) < 4.78 is 53.8. The van der Waals surface area contributed by atoms with E-state index in [-0.39, 0.29) is 11.4 Å². The zero-order valence-electron chi connectivity index (χ0n) is 12.2. The molecule has 0 radical (unpaired) electrons. The fourth-order valence-corrected chi connectivity index (χ4v) is 1.37. The van der Waals surface area contributed by atoms with Gasteiger partial charge in [-0.1, -0.05) is 0 Å². The molecule has 1 aromatic rings. The van der Waals surface area contributed by atoms with Gasteiger partial charge in [0.15, 0.2) is 6.61 Å². The number of hydrogen-bond donors (Lipinski definition) is 1. The van der Waals surface area contributed by atoms with Crippen molar-refractivity contribution < 1.29 is 37.0 Å². The molecule has 0 aliphatic heterocycles. The molecule has 0 aromatic carbocycles. The number of pyridine rings is 1. The van der Waals surface area contributed by atoms with Crippen LogP contribution in [-0.4, -0.2) is 58.9 Å². The van der Waals surface area contributed by atoms with Crippen LogP contribution in [0.5, 0.6) is 5.88 Å². The number of alkyl halides is 4. The number of carboxylic acid groups (broad SMARTS) is 1. The van der Waals surface area contributed by atoms with Crippen molar-refractivity contribution in [1.29, 1.82) is 0 Å². The van der Waals surface area contributed by atoms with Crippen molar-refractivity contribution in [3.8, 4) is 5.88 Å². The topological polar surface area (TPSA) is 79.7 Å². The summed E-state index contributed by atoms with van der Waals surface area (Å²) in [5.74, 6) is -6.54. The lowest BCUT2D eigenvalue weighted by atomic mass is 10.2. The molecule has 1 N–H and O–H groups in total. The van der Waals surface area contributed by atoms with Gasteiger partial charge >= 0.3 is 18.3 Å². The first-order chi connectivity index (χ1) is 10.6. The molecule has 1 heterocycles. The Kier molecular flexibility index (Phi) is 5.88. The number of aromatic nitrogens is 1. The molecule has 0 saturated heterocycles. The molecule has 1 aromatic heterocycles. The maximum atomic E-state index is 12.7. The van der Waals surface area contributed by atoms with Crippen molar-refractivity contribution in [2.75, 3.05) is 13.7 Å². The molecule has 1 rings (SSSR count). The van der Waals surface area contributed by atoms with Gasteiger partial charge < -0.3 is 14.7 Å². The summed E-state index contributed by atoms with van der Waals surface area (Å²) in [7, 11) is 1.27. The summed E-state index contributed by atoms with van der Waals surface area (Å²) in [5, 5.41) is 8.82. The molecule has 0 aliphatic carbocycles. The molecule has 1 amide bonds. The number of carbonyl (C=O) groups is 2. The number of ether oxygens (including phenoxy) is 1. The van der Waals surface area contributed by atoms with Crippen molar-refractivity contribution in [2.45, 2.75) is 25.3 Å². The molecule has 1 unspecified atom stereocenters. The lowest BCUT2D eigenvalue weighted by molar-refractivity contribution is -0.148. The Hall–Kier alpha value is -2.39. The summed E-state index contributed by atoms with van der Waals surface area (Å²) in [4.78, 5) is 27.3. The molecule has 10 heteroatoms. The largest absolute Gasteiger partial charge is 0.480 e. The number of likely N-dealkylation sites (N-methyl/N-ethyl adjacent to an activating group) is 1. The summed E-state index contributed by atoms with van der Waals surface area (Å²) in [6, 6.07) is 1.13. The zero-order valence-corrected chi connectivity index (χ0v) is 12.2. The summed E-state index contributed by atoms with van der Waals surface area (Å²) in [6.07, 6.45) is -2.89. The number of amides is 1. The van der Waals surface area contributed by atoms with Crippen LogP contribution in [-0.2, 0) is 4.79 Å². The van der Waals surface area contributed by atoms with E-state index in [1.807, 2.05) is 0 Å². The maximum absolute atomic E-state index is 12.7. The number of aliphatic carboxylic acids is 1. The third kappa shape index (κ3) is 4.80. The average molecular weight is 338 g/mol. The number of rotatable bonds is 7. The van der Waals surface area contributed by atoms with Crippen molar-refractivity contribution in [1.82, 2.24) is 9.88 Å². The Morgan fingerprint density at radius 1 is 1.39 bits per heavy atom. The van der Waals surface area contributed by atoms with E-state index in [1.165, 1.54) is 14.0 Å². The first kappa shape index (κ1) is 18.7. The number of carbonyl (C=O) groups excluding carboxylic acids is 1. The molecular weight excluding hydrogens is 324 g/mol. The standard InChI is InChI=1S/C13H14F4N2O4/c1-7(11(21)22)19(2)10(20)8-3-4-9(18-5-8)23-6-13(16,17)12(14)15/h3-5,7,12H,6H2,1-2H3,(H,21,22). The Balaban J connectivity index is 2.73. The van der Waals surface area contributed by atoms with Crippen LogP contribution in [0.25, 0.3) is 0 Å². The van der Waals surface area contributed by atoms with Crippen LogP contribution in [0.3, 0.4) is 0 Å². The van der Waals surface area contributed by atoms with E-state index in [4.69, 9.17) is 5.11 Å². The average Bonchev–Trinajstić information content (AvgIpc) is 2.51. The van der Waals surface area contributed by atoms with Crippen LogP contribution in [0.4, 0.5) is 17.6 Å². The lowest BCUT2D eigenvalue weighted by Gasteiger charge is -2.21. The second-order valence-electron chi connectivity index (χ2n) is 4.67. The van der Waals surface area contributed by atoms with Gasteiger partial charge in [-0.2, -0.15) is 8.78 Å². The van der Waals surface area contributed by atoms with Crippen LogP contribution in [0.15, 0.2) is 18.3 Å². The Bertz CT molecular complexity index is 566. The highest BCUT2D eigenvalue weighted by Crippen LogP contribution is 2.23. The summed E-state index contributed by atoms with van der Waals surface area (Å²) in [5.41, 5.74) is -0.00595. The van der Waals surface area contributed by atoms with Gasteiger partial charge in [0.25, 0.3) is 5.91 Å². The molecule has 6 nitrogen and oxygen atoms in total. The summed E-state index contributed by atoms with van der Waals surface area (Å²) in [6.45, 7) is -0.252. The second kappa shape index (κ2) is 7.25. The fraction of sp³-hybridized carbons (Fsp3) is 0.462. The first-order valence-corrected chi connectivity index (χ1v) is 6.31. The minimum atomic E-state index is -4.31. The normalized spacial score (nSPS) is 12.8. The number of hydrogen-bond acceptors (Lipinski definition) is 4. The molecule has 0 spiro atoms. The highest BCUT2D eigenvalue weighted by Gasteiger charge is 2.41. The molecule has 0 aliphatic rings. The molecule has 0 fully saturated rings. The molecule has 128 valence electrons. The van der Waals surface area contributed by atoms with Gasteiger partial charge in [-0.3, -0.25) is 4.79 Å². The van der Waals surface area contributed by atoms with Crippen LogP contribution in [0.1, 0.15) is 17.3 Å². The van der Waals surface area contributed by atoms with E-state index < -0.39 is 36.9 Å². The van der Waals surface area contributed by atoms with Crippen molar-refractivity contribution in [3.05, 3.63) is 23.9 Å². The molecule has 23 heavy (non-hydrogen) atoms. The van der Waals surface area contributed by atoms with Gasteiger partial charge in [-0.05, 0) is 13.0 Å². The predicted molar refractivity (Wildman–Crippen MR) is 69.9 cm³/mol. The van der Waals surface area contributed by atoms with Crippen LogP contribution in [0.2, 0.25) is 0 Å². The summed E-state index contributed by atoms with van der Waals surface area (Å²) >= 11 is 0. The fourth-order valence-electron chi connectivity index (χ4n) is 1.37. The second-order valence-corrected chi connectivity index (χ2v) is 4.67. The van der Waals surface area contributed by atoms with E-state index in [9.17, 15) is 27.2 Å². The van der Waals surface area contributed by atoms with E-state index in [0.717, 1.165) is 23.2 Å². The molecule has 0 saturated carbocycles. The maximum Gasteiger partial charge on any atom is 0.340 e. The highest BCUT2D eigenvalue weighted by atomic mass is 19.3. The van der Waals surface area contributed by atoms with Crippen LogP contribution in [0, 0.1) is 0 Å². The van der Waals surface area contributed by atoms with Crippen molar-refractivity contribution >= 4 is 11.9 Å². The highest BCUT2D eigenvalue weighted by molar-refractivity contribution is 5.96. The van der Waals surface area contributed by atoms with E-state index in [1.54, 1.807) is 0 Å². The van der Waals surface area contributed by atoms with Gasteiger partial charge in [-0.25, -0.2) is 18.6 Å². The van der Waals surface area contributed by atoms with Crippen LogP contribution >= 0.6 is 0 Å². The smallest absolute Gasteiger partial charge is 0.340 e. The Labute approximate surface area is 128 Å². The Morgan fingerprint density at radius 3 is 2.43 bits per heavy atom. The van der Waals surface area contributed by atoms with Gasteiger partial charge in [-0.15, -0.1) is 0 Å². The molecule has 1 atom stereocenters. The van der Waals surface area contributed by atoms with E-state index >= 15 is 0 Å². The molecular formula is C13H14F4N2O4. The zero-order chi connectivity index (χ0) is 17.8. The monoisotopic (exact) mass is 338 g/mol. The van der Waals surface area contributed by atoms with E-state index in [2.05, 4.69) is 9.72 Å². The lowest BCUT2D eigenvalue weighted by Crippen LogP contribution is -2.40. The number of nitrogens with zero attached hydrogens (tertiary/aromatic N) is 2. The number of carboxylic acids is 1. The minimum Gasteiger partial charge on any atom is -0.480 e. The first-order valence-electron chi connectivity index (χ1n) is 6.31. The third-order valence-corrected chi connectivity index (χ3v) is 2.97. The van der Waals surface area contributed by atoms with Gasteiger partial charge in [0, 0.05) is 19.3 Å². The third-order valence-electron chi connectivity index (χ3n) is 2.97. The van der Waals surface area contributed by atoms with Crippen molar-refractivity contribution in [2.24, 2.45) is 0 Å². The van der Waals surface area contributed by atoms with Gasteiger partial charge in [0.05, 0.1) is 5.56 Å². The van der Waals surface area contributed by atoms with Crippen molar-refractivity contribution in [3.63, 3.8) is 0 Å².